The first-order valence-corrected chi connectivity index (χ1v) is 31.1. The van der Waals surface area contributed by atoms with Crippen molar-refractivity contribution in [2.45, 2.75) is 0 Å². The van der Waals surface area contributed by atoms with Crippen LogP contribution in [0.3, 0.4) is 0 Å². The average molecular weight is 1160 g/mol. The third-order valence-corrected chi connectivity index (χ3v) is 19.2. The van der Waals surface area contributed by atoms with E-state index in [0.29, 0.717) is 0 Å². The molecule has 0 amide bonds. The number of benzene rings is 13. The molecule has 7 aromatic heterocycles. The van der Waals surface area contributed by atoms with Gasteiger partial charge in [0.05, 0.1) is 33.1 Å². The zero-order valence-corrected chi connectivity index (χ0v) is 49.1. The molecular formula is C84H51N7. The highest BCUT2D eigenvalue weighted by Crippen LogP contribution is 2.45. The fourth-order valence-electron chi connectivity index (χ4n) is 15.2. The van der Waals surface area contributed by atoms with E-state index in [4.69, 9.17) is 9.97 Å². The molecule has 0 N–H and O–H groups in total. The van der Waals surface area contributed by atoms with E-state index in [1.54, 1.807) is 0 Å². The van der Waals surface area contributed by atoms with Crippen LogP contribution in [0, 0.1) is 0 Å². The fourth-order valence-corrected chi connectivity index (χ4v) is 15.2. The molecule has 20 aromatic rings. The van der Waals surface area contributed by atoms with Crippen molar-refractivity contribution in [3.05, 3.63) is 309 Å². The molecular weight excluding hydrogens is 1110 g/mol. The predicted molar refractivity (Wildman–Crippen MR) is 379 cm³/mol. The Morgan fingerprint density at radius 2 is 0.604 bits per heavy atom. The van der Waals surface area contributed by atoms with E-state index in [1.807, 2.05) is 0 Å². The number of aromatic nitrogens is 7. The lowest BCUT2D eigenvalue weighted by Crippen LogP contribution is -1.96. The maximum Gasteiger partial charge on any atom is 0.165 e. The Bertz CT molecular complexity index is 6420. The fraction of sp³-hybridized carbons (Fsp3) is 0. The molecule has 0 unspecified atom stereocenters. The van der Waals surface area contributed by atoms with Crippen LogP contribution in [-0.4, -0.2) is 32.5 Å². The highest BCUT2D eigenvalue weighted by molar-refractivity contribution is 6.22. The minimum Gasteiger partial charge on any atom is -0.309 e. The Morgan fingerprint density at radius 1 is 0.198 bits per heavy atom. The number of para-hydroxylation sites is 4. The van der Waals surface area contributed by atoms with E-state index in [2.05, 4.69) is 332 Å². The van der Waals surface area contributed by atoms with Crippen LogP contribution in [0.1, 0.15) is 0 Å². The van der Waals surface area contributed by atoms with Gasteiger partial charge in [-0.2, -0.15) is 0 Å². The van der Waals surface area contributed by atoms with Gasteiger partial charge in [-0.05, 0) is 152 Å². The topological polar surface area (TPSA) is 49.4 Å². The third-order valence-electron chi connectivity index (χ3n) is 19.2. The van der Waals surface area contributed by atoms with E-state index in [1.165, 1.54) is 49.3 Å². The summed E-state index contributed by atoms with van der Waals surface area (Å²) in [6.45, 7) is 0. The van der Waals surface area contributed by atoms with E-state index < -0.39 is 0 Å². The van der Waals surface area contributed by atoms with E-state index in [-0.39, 0.29) is 0 Å². The number of imidazole rings is 2. The van der Waals surface area contributed by atoms with Crippen LogP contribution in [0.2, 0.25) is 0 Å². The van der Waals surface area contributed by atoms with E-state index in [9.17, 15) is 0 Å². The minimum absolute atomic E-state index is 0.908. The van der Waals surface area contributed by atoms with Crippen molar-refractivity contribution in [1.82, 2.24) is 32.5 Å². The summed E-state index contributed by atoms with van der Waals surface area (Å²) in [6, 6.07) is 113. The van der Waals surface area contributed by atoms with Crippen LogP contribution < -0.4 is 0 Å². The quantitative estimate of drug-likeness (QED) is 0.149. The Labute approximate surface area is 521 Å². The first-order valence-electron chi connectivity index (χ1n) is 31.1. The Balaban J connectivity index is 0.786. The molecule has 20 rings (SSSR count). The van der Waals surface area contributed by atoms with Gasteiger partial charge in [0.2, 0.25) is 0 Å². The lowest BCUT2D eigenvalue weighted by atomic mass is 9.96. The summed E-state index contributed by atoms with van der Waals surface area (Å²) in [6.07, 6.45) is 0. The summed E-state index contributed by atoms with van der Waals surface area (Å²) in [4.78, 5) is 11.5. The highest BCUT2D eigenvalue weighted by Gasteiger charge is 2.26. The molecule has 0 spiro atoms. The summed E-state index contributed by atoms with van der Waals surface area (Å²) in [5, 5.41) is 11.6. The highest BCUT2D eigenvalue weighted by atomic mass is 15.1. The normalized spacial score (nSPS) is 12.2. The van der Waals surface area contributed by atoms with Gasteiger partial charge in [-0.1, -0.05) is 212 Å². The van der Waals surface area contributed by atoms with E-state index >= 15 is 0 Å². The van der Waals surface area contributed by atoms with Crippen molar-refractivity contribution in [3.8, 4) is 61.6 Å². The number of fused-ring (bicyclic) bond motifs is 23. The van der Waals surface area contributed by atoms with Gasteiger partial charge in [-0.25, -0.2) is 9.97 Å². The predicted octanol–water partition coefficient (Wildman–Crippen LogP) is 21.6. The number of hydrogen-bond donors (Lipinski definition) is 0. The van der Waals surface area contributed by atoms with Gasteiger partial charge in [0.15, 0.2) is 11.3 Å². The average Bonchev–Trinajstić information content (AvgIpc) is 1.56. The van der Waals surface area contributed by atoms with Crippen LogP contribution in [0.4, 0.5) is 0 Å². The molecule has 0 fully saturated rings. The molecule has 0 aliphatic rings. The van der Waals surface area contributed by atoms with Gasteiger partial charge in [0.25, 0.3) is 0 Å². The standard InChI is InChI=1S/C84H51N7/c1-5-21-52(22-6-1)55-41-45-75-70(49-55)80-84(85-81-67-34-14-13-33-66(67)78-62(53-23-7-2-8-24-53)35-20-38-76(78)91(80)81)89(75)61-30-19-25-54(47-61)56-40-44-68-69(48-56)64-32-16-18-37-73(64)90-79-71-50-57(42-46-74(71)88(83(79)86-82(68)90)60-28-11-4-12-29-60)58-39-43-65-63-31-15-17-36-72(63)87(77(65)51-58)59-26-9-3-10-27-59/h1-51H. The Kier molecular flexibility index (Phi) is 10.4. The monoisotopic (exact) mass is 1160 g/mol. The van der Waals surface area contributed by atoms with Gasteiger partial charge >= 0.3 is 0 Å². The Hall–Kier alpha value is -12.3. The zero-order chi connectivity index (χ0) is 59.4. The largest absolute Gasteiger partial charge is 0.309 e. The maximum atomic E-state index is 5.74. The number of pyridine rings is 2. The van der Waals surface area contributed by atoms with Crippen molar-refractivity contribution in [3.63, 3.8) is 0 Å². The van der Waals surface area contributed by atoms with Gasteiger partial charge in [0, 0.05) is 60.2 Å². The molecule has 0 saturated carbocycles. The summed E-state index contributed by atoms with van der Waals surface area (Å²) in [5.74, 6) is 0. The summed E-state index contributed by atoms with van der Waals surface area (Å²) < 4.78 is 12.0. The summed E-state index contributed by atoms with van der Waals surface area (Å²) >= 11 is 0. The molecule has 0 bridgehead atoms. The Morgan fingerprint density at radius 3 is 1.27 bits per heavy atom. The van der Waals surface area contributed by atoms with Crippen molar-refractivity contribution >= 4 is 121 Å². The SMILES string of the molecule is c1ccc(-c2ccc3c(c2)c2c(nc4c5ccccc5c5c(-c6ccccc6)cccc5n42)n3-c2cccc(-c3ccc4c(c3)c3ccccc3n3c4nc4c3c3cc(-c5ccc6c7ccccc7n(-c7ccccc7)c6c5)ccc3n4-c3ccccc3)c2)cc1. The number of hydrogen-bond acceptors (Lipinski definition) is 2. The first kappa shape index (κ1) is 49.8. The van der Waals surface area contributed by atoms with Crippen molar-refractivity contribution < 1.29 is 0 Å². The van der Waals surface area contributed by atoms with E-state index in [0.717, 1.165) is 133 Å². The maximum absolute atomic E-state index is 5.74. The lowest BCUT2D eigenvalue weighted by Gasteiger charge is -2.14. The molecule has 0 atom stereocenters. The molecule has 422 valence electrons. The molecule has 91 heavy (non-hydrogen) atoms. The molecule has 13 aromatic carbocycles. The second-order valence-corrected chi connectivity index (χ2v) is 24.1. The zero-order valence-electron chi connectivity index (χ0n) is 49.1. The van der Waals surface area contributed by atoms with Gasteiger partial charge in [-0.3, -0.25) is 17.9 Å². The minimum atomic E-state index is 0.908. The molecule has 0 radical (unpaired) electrons. The first-order chi connectivity index (χ1) is 45.2. The molecule has 7 heterocycles. The van der Waals surface area contributed by atoms with Crippen LogP contribution in [0.5, 0.6) is 0 Å². The summed E-state index contributed by atoms with van der Waals surface area (Å²) in [7, 11) is 0. The van der Waals surface area contributed by atoms with Crippen LogP contribution in [-0.2, 0) is 0 Å². The van der Waals surface area contributed by atoms with Crippen molar-refractivity contribution in [2.24, 2.45) is 0 Å². The van der Waals surface area contributed by atoms with Gasteiger partial charge < -0.3 is 4.57 Å². The molecule has 7 nitrogen and oxygen atoms in total. The van der Waals surface area contributed by atoms with Gasteiger partial charge in [-0.15, -0.1) is 0 Å². The van der Waals surface area contributed by atoms with Gasteiger partial charge in [0.1, 0.15) is 22.3 Å². The third kappa shape index (κ3) is 7.19. The molecule has 0 aliphatic carbocycles. The second kappa shape index (κ2) is 19.1. The van der Waals surface area contributed by atoms with Crippen molar-refractivity contribution in [1.29, 1.82) is 0 Å². The smallest absolute Gasteiger partial charge is 0.165 e. The number of rotatable bonds is 7. The van der Waals surface area contributed by atoms with Crippen molar-refractivity contribution in [2.75, 3.05) is 0 Å². The summed E-state index contributed by atoms with van der Waals surface area (Å²) in [5.41, 5.74) is 25.1. The van der Waals surface area contributed by atoms with Crippen LogP contribution in [0.25, 0.3) is 182 Å². The molecule has 7 heteroatoms. The lowest BCUT2D eigenvalue weighted by molar-refractivity contribution is 1.15. The number of nitrogens with zero attached hydrogens (tertiary/aromatic N) is 7. The second-order valence-electron chi connectivity index (χ2n) is 24.1. The molecule has 0 saturated heterocycles. The van der Waals surface area contributed by atoms with Crippen LogP contribution in [0.15, 0.2) is 309 Å². The van der Waals surface area contributed by atoms with Crippen LogP contribution >= 0.6 is 0 Å². The molecule has 0 aliphatic heterocycles.